The van der Waals surface area contributed by atoms with E-state index in [1.807, 2.05) is 54.6 Å². The summed E-state index contributed by atoms with van der Waals surface area (Å²) >= 11 is 0. The fourth-order valence-electron chi connectivity index (χ4n) is 2.77. The van der Waals surface area contributed by atoms with Gasteiger partial charge in [0.2, 0.25) is 12.7 Å². The minimum absolute atomic E-state index is 0.150. The van der Waals surface area contributed by atoms with E-state index in [1.54, 1.807) is 18.2 Å². The molecule has 6 nitrogen and oxygen atoms in total. The second-order valence-corrected chi connectivity index (χ2v) is 6.27. The number of carbonyl (C=O) groups is 1. The van der Waals surface area contributed by atoms with Crippen molar-refractivity contribution in [1.29, 1.82) is 0 Å². The summed E-state index contributed by atoms with van der Waals surface area (Å²) < 4.78 is 16.3. The molecule has 0 spiro atoms. The number of fused-ring (bicyclic) bond motifs is 1. The van der Waals surface area contributed by atoms with Gasteiger partial charge in [-0.25, -0.2) is 0 Å². The highest BCUT2D eigenvalue weighted by molar-refractivity contribution is 5.94. The lowest BCUT2D eigenvalue weighted by atomic mass is 10.2. The molecular formula is C22H20N2O4. The SMILES string of the molecule is O=C(CNc1ccc(OCc2ccccc2)cc1)Nc1ccc2c(c1)OCO2. The van der Waals surface area contributed by atoms with Crippen molar-refractivity contribution < 1.29 is 19.0 Å². The Morgan fingerprint density at radius 1 is 0.893 bits per heavy atom. The fraction of sp³-hybridized carbons (Fsp3) is 0.136. The predicted octanol–water partition coefficient (Wildman–Crippen LogP) is 4.04. The number of anilines is 2. The molecule has 1 aliphatic heterocycles. The molecule has 0 radical (unpaired) electrons. The van der Waals surface area contributed by atoms with E-state index in [0.29, 0.717) is 23.8 Å². The van der Waals surface area contributed by atoms with E-state index >= 15 is 0 Å². The van der Waals surface area contributed by atoms with Crippen molar-refractivity contribution in [1.82, 2.24) is 0 Å². The number of carbonyl (C=O) groups excluding carboxylic acids is 1. The molecular weight excluding hydrogens is 356 g/mol. The van der Waals surface area contributed by atoms with Crippen molar-refractivity contribution in [3.8, 4) is 17.2 Å². The predicted molar refractivity (Wildman–Crippen MR) is 107 cm³/mol. The summed E-state index contributed by atoms with van der Waals surface area (Å²) in [7, 11) is 0. The lowest BCUT2D eigenvalue weighted by Gasteiger charge is -2.10. The number of hydrogen-bond acceptors (Lipinski definition) is 5. The van der Waals surface area contributed by atoms with Gasteiger partial charge in [-0.3, -0.25) is 4.79 Å². The maximum atomic E-state index is 12.1. The maximum absolute atomic E-state index is 12.1. The Bertz CT molecular complexity index is 943. The van der Waals surface area contributed by atoms with Gasteiger partial charge in [0, 0.05) is 17.4 Å². The minimum Gasteiger partial charge on any atom is -0.489 e. The smallest absolute Gasteiger partial charge is 0.243 e. The highest BCUT2D eigenvalue weighted by atomic mass is 16.7. The molecule has 0 aliphatic carbocycles. The summed E-state index contributed by atoms with van der Waals surface area (Å²) in [5, 5.41) is 5.92. The summed E-state index contributed by atoms with van der Waals surface area (Å²) in [5.41, 5.74) is 2.62. The van der Waals surface area contributed by atoms with Crippen LogP contribution in [-0.4, -0.2) is 19.2 Å². The molecule has 0 unspecified atom stereocenters. The van der Waals surface area contributed by atoms with Gasteiger partial charge in [-0.1, -0.05) is 30.3 Å². The molecule has 28 heavy (non-hydrogen) atoms. The third kappa shape index (κ3) is 4.54. The molecule has 3 aromatic rings. The van der Waals surface area contributed by atoms with Gasteiger partial charge in [0.05, 0.1) is 6.54 Å². The van der Waals surface area contributed by atoms with E-state index in [0.717, 1.165) is 17.0 Å². The number of amides is 1. The summed E-state index contributed by atoms with van der Waals surface area (Å²) in [6.45, 7) is 0.879. The largest absolute Gasteiger partial charge is 0.489 e. The summed E-state index contributed by atoms with van der Waals surface area (Å²) in [5.74, 6) is 1.95. The Morgan fingerprint density at radius 2 is 1.64 bits per heavy atom. The third-order valence-electron chi connectivity index (χ3n) is 4.21. The van der Waals surface area contributed by atoms with Crippen LogP contribution < -0.4 is 24.8 Å². The number of rotatable bonds is 7. The third-order valence-corrected chi connectivity index (χ3v) is 4.21. The molecule has 3 aromatic carbocycles. The van der Waals surface area contributed by atoms with Crippen LogP contribution in [0.2, 0.25) is 0 Å². The van der Waals surface area contributed by atoms with Gasteiger partial charge in [0.1, 0.15) is 12.4 Å². The summed E-state index contributed by atoms with van der Waals surface area (Å²) in [6, 6.07) is 22.8. The zero-order chi connectivity index (χ0) is 19.2. The van der Waals surface area contributed by atoms with Gasteiger partial charge in [0.25, 0.3) is 0 Å². The van der Waals surface area contributed by atoms with Crippen LogP contribution in [0, 0.1) is 0 Å². The lowest BCUT2D eigenvalue weighted by Crippen LogP contribution is -2.21. The number of hydrogen-bond donors (Lipinski definition) is 2. The number of nitrogens with one attached hydrogen (secondary N) is 2. The van der Waals surface area contributed by atoms with Crippen LogP contribution in [0.25, 0.3) is 0 Å². The molecule has 0 atom stereocenters. The first-order valence-corrected chi connectivity index (χ1v) is 8.96. The van der Waals surface area contributed by atoms with Gasteiger partial charge in [-0.2, -0.15) is 0 Å². The van der Waals surface area contributed by atoms with Crippen LogP contribution >= 0.6 is 0 Å². The Balaban J connectivity index is 1.24. The van der Waals surface area contributed by atoms with Crippen LogP contribution in [0.5, 0.6) is 17.2 Å². The molecule has 2 N–H and O–H groups in total. The minimum atomic E-state index is -0.150. The average molecular weight is 376 g/mol. The van der Waals surface area contributed by atoms with Crippen LogP contribution in [0.3, 0.4) is 0 Å². The van der Waals surface area contributed by atoms with Crippen molar-refractivity contribution in [2.24, 2.45) is 0 Å². The molecule has 142 valence electrons. The van der Waals surface area contributed by atoms with Crippen LogP contribution in [0.15, 0.2) is 72.8 Å². The normalized spacial score (nSPS) is 11.7. The number of ether oxygens (including phenoxy) is 3. The average Bonchev–Trinajstić information content (AvgIpc) is 3.20. The maximum Gasteiger partial charge on any atom is 0.243 e. The monoisotopic (exact) mass is 376 g/mol. The van der Waals surface area contributed by atoms with Gasteiger partial charge in [-0.15, -0.1) is 0 Å². The Labute approximate surface area is 163 Å². The molecule has 1 amide bonds. The van der Waals surface area contributed by atoms with Crippen molar-refractivity contribution in [2.75, 3.05) is 24.0 Å². The molecule has 4 rings (SSSR count). The number of benzene rings is 3. The zero-order valence-electron chi connectivity index (χ0n) is 15.2. The Hall–Kier alpha value is -3.67. The first-order chi connectivity index (χ1) is 13.8. The second-order valence-electron chi connectivity index (χ2n) is 6.27. The highest BCUT2D eigenvalue weighted by Gasteiger charge is 2.14. The summed E-state index contributed by atoms with van der Waals surface area (Å²) in [4.78, 5) is 12.1. The van der Waals surface area contributed by atoms with Gasteiger partial charge < -0.3 is 24.8 Å². The molecule has 6 heteroatoms. The van der Waals surface area contributed by atoms with Gasteiger partial charge in [0.15, 0.2) is 11.5 Å². The molecule has 0 bridgehead atoms. The van der Waals surface area contributed by atoms with Crippen LogP contribution in [-0.2, 0) is 11.4 Å². The van der Waals surface area contributed by atoms with Crippen molar-refractivity contribution in [3.05, 3.63) is 78.4 Å². The van der Waals surface area contributed by atoms with Crippen LogP contribution in [0.4, 0.5) is 11.4 Å². The zero-order valence-corrected chi connectivity index (χ0v) is 15.2. The topological polar surface area (TPSA) is 68.8 Å². The van der Waals surface area contributed by atoms with E-state index in [2.05, 4.69) is 10.6 Å². The lowest BCUT2D eigenvalue weighted by molar-refractivity contribution is -0.114. The molecule has 0 saturated heterocycles. The second kappa shape index (κ2) is 8.35. The Kier molecular flexibility index (Phi) is 5.29. The first-order valence-electron chi connectivity index (χ1n) is 8.96. The molecule has 0 fully saturated rings. The Morgan fingerprint density at radius 3 is 2.46 bits per heavy atom. The first kappa shape index (κ1) is 17.7. The van der Waals surface area contributed by atoms with E-state index in [9.17, 15) is 4.79 Å². The van der Waals surface area contributed by atoms with E-state index in [4.69, 9.17) is 14.2 Å². The fourth-order valence-corrected chi connectivity index (χ4v) is 2.77. The van der Waals surface area contributed by atoms with E-state index in [1.165, 1.54) is 0 Å². The van der Waals surface area contributed by atoms with E-state index < -0.39 is 0 Å². The molecule has 1 heterocycles. The standard InChI is InChI=1S/C22H20N2O4/c25-22(24-18-8-11-20-21(12-18)28-15-27-20)13-23-17-6-9-19(10-7-17)26-14-16-4-2-1-3-5-16/h1-12,23H,13-15H2,(H,24,25). The van der Waals surface area contributed by atoms with Crippen molar-refractivity contribution in [2.45, 2.75) is 6.61 Å². The van der Waals surface area contributed by atoms with Gasteiger partial charge >= 0.3 is 0 Å². The molecule has 1 aliphatic rings. The van der Waals surface area contributed by atoms with Gasteiger partial charge in [-0.05, 0) is 42.0 Å². The van der Waals surface area contributed by atoms with Crippen molar-refractivity contribution in [3.63, 3.8) is 0 Å². The molecule has 0 aromatic heterocycles. The molecule has 0 saturated carbocycles. The highest BCUT2D eigenvalue weighted by Crippen LogP contribution is 2.34. The van der Waals surface area contributed by atoms with E-state index in [-0.39, 0.29) is 19.2 Å². The summed E-state index contributed by atoms with van der Waals surface area (Å²) in [6.07, 6.45) is 0. The van der Waals surface area contributed by atoms with Crippen LogP contribution in [0.1, 0.15) is 5.56 Å². The quantitative estimate of drug-likeness (QED) is 0.651. The van der Waals surface area contributed by atoms with Crippen molar-refractivity contribution >= 4 is 17.3 Å².